The zero-order valence-electron chi connectivity index (χ0n) is 16.8. The fraction of sp³-hybridized carbons (Fsp3) is 0.478. The Morgan fingerprint density at radius 3 is 2.57 bits per heavy atom. The molecule has 2 aromatic rings. The van der Waals surface area contributed by atoms with E-state index in [1.807, 2.05) is 35.3 Å². The minimum absolute atomic E-state index is 0.0226. The molecule has 0 radical (unpaired) electrons. The topological polar surface area (TPSA) is 70.6 Å². The van der Waals surface area contributed by atoms with Gasteiger partial charge in [0.1, 0.15) is 0 Å². The van der Waals surface area contributed by atoms with Crippen LogP contribution in [0.25, 0.3) is 10.2 Å². The third-order valence-corrected chi connectivity index (χ3v) is 7.78. The van der Waals surface area contributed by atoms with Crippen LogP contribution in [-0.2, 0) is 14.4 Å². The van der Waals surface area contributed by atoms with Gasteiger partial charge in [-0.2, -0.15) is 0 Å². The number of carbonyl (C=O) groups excluding carboxylic acids is 3. The number of amides is 3. The average Bonchev–Trinajstić information content (AvgIpc) is 3.32. The summed E-state index contributed by atoms with van der Waals surface area (Å²) in [6.45, 7) is 1.60. The van der Waals surface area contributed by atoms with Gasteiger partial charge < -0.3 is 4.90 Å². The van der Waals surface area contributed by atoms with Crippen molar-refractivity contribution in [3.63, 3.8) is 0 Å². The normalized spacial score (nSPS) is 26.5. The number of carbonyl (C=O) groups is 3. The zero-order valence-corrected chi connectivity index (χ0v) is 17.6. The smallest absolute Gasteiger partial charge is 0.233 e. The van der Waals surface area contributed by atoms with E-state index in [9.17, 15) is 14.4 Å². The summed E-state index contributed by atoms with van der Waals surface area (Å²) in [5, 5.41) is 1.09. The van der Waals surface area contributed by atoms with Crippen LogP contribution in [0.2, 0.25) is 0 Å². The second kappa shape index (κ2) is 7.95. The fourth-order valence-electron chi connectivity index (χ4n) is 4.92. The lowest BCUT2D eigenvalue weighted by atomic mass is 9.85. The average molecular weight is 424 g/mol. The minimum atomic E-state index is -0.226. The molecule has 1 aromatic heterocycles. The summed E-state index contributed by atoms with van der Waals surface area (Å²) in [6, 6.07) is 8.13. The van der Waals surface area contributed by atoms with Gasteiger partial charge in [-0.1, -0.05) is 24.3 Å². The van der Waals surface area contributed by atoms with Crippen LogP contribution in [0.1, 0.15) is 43.0 Å². The predicted octanol–water partition coefficient (Wildman–Crippen LogP) is 3.34. The van der Waals surface area contributed by atoms with Gasteiger partial charge in [-0.05, 0) is 37.8 Å². The van der Waals surface area contributed by atoms with E-state index in [2.05, 4.69) is 6.07 Å². The molecule has 3 atom stereocenters. The van der Waals surface area contributed by atoms with E-state index in [4.69, 9.17) is 4.98 Å². The van der Waals surface area contributed by atoms with E-state index in [0.29, 0.717) is 19.4 Å². The van der Waals surface area contributed by atoms with Crippen LogP contribution in [0.4, 0.5) is 0 Å². The van der Waals surface area contributed by atoms with Gasteiger partial charge in [-0.25, -0.2) is 4.98 Å². The lowest BCUT2D eigenvalue weighted by molar-refractivity contribution is -0.141. The zero-order chi connectivity index (χ0) is 20.7. The van der Waals surface area contributed by atoms with Gasteiger partial charge in [0.25, 0.3) is 0 Å². The molecule has 0 unspecified atom stereocenters. The van der Waals surface area contributed by atoms with Crippen LogP contribution in [0.15, 0.2) is 36.4 Å². The number of imide groups is 1. The first-order valence-electron chi connectivity index (χ1n) is 10.8. The highest BCUT2D eigenvalue weighted by Crippen LogP contribution is 2.36. The number of nitrogens with zero attached hydrogens (tertiary/aromatic N) is 3. The van der Waals surface area contributed by atoms with Gasteiger partial charge in [-0.3, -0.25) is 19.3 Å². The van der Waals surface area contributed by atoms with Crippen molar-refractivity contribution in [2.75, 3.05) is 19.6 Å². The summed E-state index contributed by atoms with van der Waals surface area (Å²) in [7, 11) is 0. The molecule has 2 fully saturated rings. The number of hydrogen-bond acceptors (Lipinski definition) is 5. The Morgan fingerprint density at radius 2 is 1.83 bits per heavy atom. The standard InChI is InChI=1S/C23H25N3O3S/c27-20(11-13-26-22(28)16-7-1-2-8-17(16)23(26)29)25-12-5-6-15(14-25)21-24-18-9-3-4-10-19(18)30-21/h1-4,9-10,15-17H,5-8,11-14H2/t15-,16-,17-/m0/s1. The summed E-state index contributed by atoms with van der Waals surface area (Å²) in [4.78, 5) is 46.1. The Hall–Kier alpha value is -2.54. The third-order valence-electron chi connectivity index (χ3n) is 6.58. The molecule has 156 valence electrons. The molecule has 3 heterocycles. The molecular formula is C23H25N3O3S. The van der Waals surface area contributed by atoms with Crippen molar-refractivity contribution in [3.05, 3.63) is 41.4 Å². The quantitative estimate of drug-likeness (QED) is 0.559. The molecule has 2 saturated heterocycles. The number of hydrogen-bond donors (Lipinski definition) is 0. The first-order chi connectivity index (χ1) is 14.6. The molecule has 3 amide bonds. The van der Waals surface area contributed by atoms with Crippen molar-refractivity contribution in [2.45, 2.75) is 38.0 Å². The number of allylic oxidation sites excluding steroid dienone is 2. The van der Waals surface area contributed by atoms with E-state index in [-0.39, 0.29) is 48.4 Å². The molecule has 6 nitrogen and oxygen atoms in total. The molecular weight excluding hydrogens is 398 g/mol. The van der Waals surface area contributed by atoms with Gasteiger partial charge in [0, 0.05) is 32.0 Å². The fourth-order valence-corrected chi connectivity index (χ4v) is 6.02. The molecule has 0 N–H and O–H groups in total. The number of piperidine rings is 1. The number of benzene rings is 1. The van der Waals surface area contributed by atoms with Crippen molar-refractivity contribution >= 4 is 39.3 Å². The minimum Gasteiger partial charge on any atom is -0.342 e. The highest BCUT2D eigenvalue weighted by atomic mass is 32.1. The largest absolute Gasteiger partial charge is 0.342 e. The Labute approximate surface area is 179 Å². The highest BCUT2D eigenvalue weighted by Gasteiger charge is 2.47. The van der Waals surface area contributed by atoms with Crippen molar-refractivity contribution in [1.29, 1.82) is 0 Å². The first-order valence-corrected chi connectivity index (χ1v) is 11.6. The van der Waals surface area contributed by atoms with Gasteiger partial charge in [0.2, 0.25) is 17.7 Å². The number of likely N-dealkylation sites (tertiary alicyclic amines) is 2. The molecule has 2 aliphatic heterocycles. The van der Waals surface area contributed by atoms with Crippen molar-refractivity contribution in [1.82, 2.24) is 14.8 Å². The molecule has 0 saturated carbocycles. The number of para-hydroxylation sites is 1. The van der Waals surface area contributed by atoms with Crippen LogP contribution in [0, 0.1) is 11.8 Å². The second-order valence-electron chi connectivity index (χ2n) is 8.43. The summed E-state index contributed by atoms with van der Waals surface area (Å²) in [5.41, 5.74) is 1.02. The molecule has 30 heavy (non-hydrogen) atoms. The summed E-state index contributed by atoms with van der Waals surface area (Å²) in [6.07, 6.45) is 7.42. The molecule has 1 aromatic carbocycles. The number of rotatable bonds is 4. The van der Waals surface area contributed by atoms with E-state index in [0.717, 1.165) is 29.9 Å². The van der Waals surface area contributed by atoms with E-state index in [1.165, 1.54) is 9.60 Å². The highest BCUT2D eigenvalue weighted by molar-refractivity contribution is 7.18. The van der Waals surface area contributed by atoms with Crippen LogP contribution in [-0.4, -0.2) is 52.1 Å². The second-order valence-corrected chi connectivity index (χ2v) is 9.49. The van der Waals surface area contributed by atoms with Gasteiger partial charge in [-0.15, -0.1) is 11.3 Å². The van der Waals surface area contributed by atoms with E-state index in [1.54, 1.807) is 11.3 Å². The summed E-state index contributed by atoms with van der Waals surface area (Å²) in [5.74, 6) is -0.383. The number of fused-ring (bicyclic) bond motifs is 2. The molecule has 7 heteroatoms. The lowest BCUT2D eigenvalue weighted by Gasteiger charge is -2.32. The Morgan fingerprint density at radius 1 is 1.10 bits per heavy atom. The van der Waals surface area contributed by atoms with Gasteiger partial charge >= 0.3 is 0 Å². The maximum Gasteiger partial charge on any atom is 0.233 e. The first kappa shape index (κ1) is 19.4. The summed E-state index contributed by atoms with van der Waals surface area (Å²) >= 11 is 1.71. The van der Waals surface area contributed by atoms with Crippen LogP contribution < -0.4 is 0 Å². The molecule has 5 rings (SSSR count). The van der Waals surface area contributed by atoms with Gasteiger partial charge in [0.05, 0.1) is 27.1 Å². The maximum absolute atomic E-state index is 12.9. The Balaban J connectivity index is 1.21. The van der Waals surface area contributed by atoms with Crippen LogP contribution in [0.3, 0.4) is 0 Å². The van der Waals surface area contributed by atoms with Crippen LogP contribution in [0.5, 0.6) is 0 Å². The predicted molar refractivity (Wildman–Crippen MR) is 115 cm³/mol. The monoisotopic (exact) mass is 423 g/mol. The Bertz CT molecular complexity index is 971. The summed E-state index contributed by atoms with van der Waals surface area (Å²) < 4.78 is 1.18. The number of thiazole rings is 1. The lowest BCUT2D eigenvalue weighted by Crippen LogP contribution is -2.41. The number of aromatic nitrogens is 1. The van der Waals surface area contributed by atoms with Crippen LogP contribution >= 0.6 is 11.3 Å². The Kier molecular flexibility index (Phi) is 5.15. The van der Waals surface area contributed by atoms with Crippen molar-refractivity contribution in [3.8, 4) is 0 Å². The van der Waals surface area contributed by atoms with Crippen molar-refractivity contribution in [2.24, 2.45) is 11.8 Å². The SMILES string of the molecule is O=C(CCN1C(=O)[C@H]2CC=CC[C@@H]2C1=O)N1CCC[C@H](c2nc3ccccc3s2)C1. The van der Waals surface area contributed by atoms with E-state index < -0.39 is 0 Å². The van der Waals surface area contributed by atoms with E-state index >= 15 is 0 Å². The van der Waals surface area contributed by atoms with Gasteiger partial charge in [0.15, 0.2) is 0 Å². The third kappa shape index (κ3) is 3.45. The molecule has 0 bridgehead atoms. The molecule has 0 spiro atoms. The molecule has 3 aliphatic rings. The molecule has 1 aliphatic carbocycles. The maximum atomic E-state index is 12.9. The van der Waals surface area contributed by atoms with Crippen molar-refractivity contribution < 1.29 is 14.4 Å².